The number of nitrogens with zero attached hydrogens (tertiary/aromatic N) is 4. The quantitative estimate of drug-likeness (QED) is 0.445. The molecule has 144 valence electrons. The molecule has 0 bridgehead atoms. The summed E-state index contributed by atoms with van der Waals surface area (Å²) in [7, 11) is 0. The van der Waals surface area contributed by atoms with Crippen LogP contribution in [0.25, 0.3) is 5.69 Å². The van der Waals surface area contributed by atoms with Crippen LogP contribution in [0.2, 0.25) is 0 Å². The van der Waals surface area contributed by atoms with E-state index >= 15 is 0 Å². The zero-order valence-corrected chi connectivity index (χ0v) is 16.6. The van der Waals surface area contributed by atoms with E-state index in [1.54, 1.807) is 0 Å². The molecule has 5 nitrogen and oxygen atoms in total. The Bertz CT molecular complexity index is 905. The predicted octanol–water partition coefficient (Wildman–Crippen LogP) is 4.23. The summed E-state index contributed by atoms with van der Waals surface area (Å²) in [5.41, 5.74) is 1.77. The first-order chi connectivity index (χ1) is 13.8. The van der Waals surface area contributed by atoms with Crippen LogP contribution in [0.5, 0.6) is 0 Å². The van der Waals surface area contributed by atoms with E-state index in [2.05, 4.69) is 31.8 Å². The number of benzene rings is 2. The molecule has 0 unspecified atom stereocenters. The Morgan fingerprint density at radius 3 is 2.29 bits per heavy atom. The number of aromatic nitrogens is 3. The van der Waals surface area contributed by atoms with Gasteiger partial charge in [0.15, 0.2) is 16.8 Å². The van der Waals surface area contributed by atoms with Crippen LogP contribution in [0.3, 0.4) is 0 Å². The third-order valence-corrected chi connectivity index (χ3v) is 5.89. The van der Waals surface area contributed by atoms with Gasteiger partial charge in [-0.2, -0.15) is 0 Å². The molecule has 4 rings (SSSR count). The lowest BCUT2D eigenvalue weighted by Gasteiger charge is -2.26. The zero-order chi connectivity index (χ0) is 19.2. The minimum Gasteiger partial charge on any atom is -0.296 e. The van der Waals surface area contributed by atoms with E-state index in [1.807, 2.05) is 48.5 Å². The molecule has 0 amide bonds. The number of ketones is 1. The van der Waals surface area contributed by atoms with Gasteiger partial charge in [-0.15, -0.1) is 10.2 Å². The second kappa shape index (κ2) is 9.17. The van der Waals surface area contributed by atoms with Gasteiger partial charge >= 0.3 is 0 Å². The average molecular weight is 393 g/mol. The van der Waals surface area contributed by atoms with E-state index in [0.717, 1.165) is 41.9 Å². The number of thioether (sulfide) groups is 1. The Kier molecular flexibility index (Phi) is 6.19. The van der Waals surface area contributed by atoms with Gasteiger partial charge in [0.05, 0.1) is 12.3 Å². The van der Waals surface area contributed by atoms with Gasteiger partial charge in [0, 0.05) is 11.3 Å². The molecule has 0 radical (unpaired) electrons. The summed E-state index contributed by atoms with van der Waals surface area (Å²) in [5, 5.41) is 9.66. The van der Waals surface area contributed by atoms with Crippen LogP contribution in [0, 0.1) is 0 Å². The molecule has 28 heavy (non-hydrogen) atoms. The van der Waals surface area contributed by atoms with E-state index in [1.165, 1.54) is 31.0 Å². The maximum atomic E-state index is 12.5. The van der Waals surface area contributed by atoms with Gasteiger partial charge in [-0.25, -0.2) is 0 Å². The minimum absolute atomic E-state index is 0.103. The second-order valence-electron chi connectivity index (χ2n) is 6.98. The number of Topliss-reactive ketones (excluding diaryl/α,β-unsaturated/α-hetero) is 1. The lowest BCUT2D eigenvalue weighted by Crippen LogP contribution is -2.30. The van der Waals surface area contributed by atoms with E-state index in [9.17, 15) is 4.79 Å². The Hall–Kier alpha value is -2.44. The van der Waals surface area contributed by atoms with Crippen molar-refractivity contribution in [1.29, 1.82) is 0 Å². The van der Waals surface area contributed by atoms with E-state index in [4.69, 9.17) is 0 Å². The molecule has 1 saturated heterocycles. The number of hydrogen-bond donors (Lipinski definition) is 0. The molecular formula is C22H24N4OS. The molecule has 1 aliphatic rings. The molecule has 0 N–H and O–H groups in total. The lowest BCUT2D eigenvalue weighted by atomic mass is 10.1. The van der Waals surface area contributed by atoms with Crippen molar-refractivity contribution in [1.82, 2.24) is 19.7 Å². The lowest BCUT2D eigenvalue weighted by molar-refractivity contribution is 0.102. The Balaban J connectivity index is 1.55. The fraction of sp³-hybridized carbons (Fsp3) is 0.318. The summed E-state index contributed by atoms with van der Waals surface area (Å²) in [4.78, 5) is 14.9. The maximum Gasteiger partial charge on any atom is 0.196 e. The van der Waals surface area contributed by atoms with Crippen molar-refractivity contribution in [2.75, 3.05) is 18.8 Å². The van der Waals surface area contributed by atoms with Gasteiger partial charge in [0.25, 0.3) is 0 Å². The van der Waals surface area contributed by atoms with Gasteiger partial charge < -0.3 is 0 Å². The second-order valence-corrected chi connectivity index (χ2v) is 7.93. The molecule has 2 heterocycles. The Labute approximate surface area is 169 Å². The van der Waals surface area contributed by atoms with Crippen LogP contribution < -0.4 is 0 Å². The Morgan fingerprint density at radius 2 is 1.57 bits per heavy atom. The molecule has 3 aromatic rings. The van der Waals surface area contributed by atoms with Crippen LogP contribution in [0.4, 0.5) is 0 Å². The first-order valence-electron chi connectivity index (χ1n) is 9.74. The SMILES string of the molecule is O=C(CSc1nnc(CN2CCCCC2)n1-c1ccccc1)c1ccccc1. The van der Waals surface area contributed by atoms with Crippen LogP contribution >= 0.6 is 11.8 Å². The predicted molar refractivity (Wildman–Crippen MR) is 112 cm³/mol. The summed E-state index contributed by atoms with van der Waals surface area (Å²) in [5.74, 6) is 1.38. The molecule has 0 aliphatic carbocycles. The number of likely N-dealkylation sites (tertiary alicyclic amines) is 1. The summed E-state index contributed by atoms with van der Waals surface area (Å²) in [6, 6.07) is 19.6. The molecular weight excluding hydrogens is 368 g/mol. The first-order valence-corrected chi connectivity index (χ1v) is 10.7. The van der Waals surface area contributed by atoms with Crippen molar-refractivity contribution >= 4 is 17.5 Å². The van der Waals surface area contributed by atoms with Gasteiger partial charge in [0.1, 0.15) is 0 Å². The summed E-state index contributed by atoms with van der Waals surface area (Å²) in [6.07, 6.45) is 3.80. The highest BCUT2D eigenvalue weighted by Crippen LogP contribution is 2.24. The highest BCUT2D eigenvalue weighted by molar-refractivity contribution is 7.99. The number of piperidine rings is 1. The number of para-hydroxylation sites is 1. The molecule has 6 heteroatoms. The summed E-state index contributed by atoms with van der Waals surface area (Å²) < 4.78 is 2.09. The fourth-order valence-electron chi connectivity index (χ4n) is 3.49. The minimum atomic E-state index is 0.103. The third-order valence-electron chi connectivity index (χ3n) is 4.96. The summed E-state index contributed by atoms with van der Waals surface area (Å²) in [6.45, 7) is 3.00. The monoisotopic (exact) mass is 392 g/mol. The average Bonchev–Trinajstić information content (AvgIpc) is 3.16. The van der Waals surface area contributed by atoms with Crippen LogP contribution in [-0.2, 0) is 6.54 Å². The zero-order valence-electron chi connectivity index (χ0n) is 15.8. The molecule has 1 aromatic heterocycles. The fourth-order valence-corrected chi connectivity index (χ4v) is 4.35. The van der Waals surface area contributed by atoms with E-state index < -0.39 is 0 Å². The van der Waals surface area contributed by atoms with Crippen LogP contribution in [0.15, 0.2) is 65.8 Å². The van der Waals surface area contributed by atoms with Crippen molar-refractivity contribution in [3.8, 4) is 5.69 Å². The normalized spacial score (nSPS) is 14.9. The van der Waals surface area contributed by atoms with Crippen molar-refractivity contribution in [3.05, 3.63) is 72.1 Å². The van der Waals surface area contributed by atoms with Crippen LogP contribution in [0.1, 0.15) is 35.4 Å². The van der Waals surface area contributed by atoms with Gasteiger partial charge in [-0.3, -0.25) is 14.3 Å². The number of carbonyl (C=O) groups excluding carboxylic acids is 1. The van der Waals surface area contributed by atoms with Crippen molar-refractivity contribution in [2.45, 2.75) is 31.0 Å². The molecule has 0 atom stereocenters. The van der Waals surface area contributed by atoms with Crippen molar-refractivity contribution in [2.24, 2.45) is 0 Å². The van der Waals surface area contributed by atoms with Gasteiger partial charge in [0.2, 0.25) is 0 Å². The number of hydrogen-bond acceptors (Lipinski definition) is 5. The molecule has 1 fully saturated rings. The Morgan fingerprint density at radius 1 is 0.893 bits per heavy atom. The van der Waals surface area contributed by atoms with E-state index in [0.29, 0.717) is 5.75 Å². The highest BCUT2D eigenvalue weighted by atomic mass is 32.2. The van der Waals surface area contributed by atoms with Crippen molar-refractivity contribution < 1.29 is 4.79 Å². The molecule has 0 saturated carbocycles. The van der Waals surface area contributed by atoms with Gasteiger partial charge in [-0.05, 0) is 38.1 Å². The number of rotatable bonds is 7. The molecule has 0 spiro atoms. The van der Waals surface area contributed by atoms with Crippen molar-refractivity contribution in [3.63, 3.8) is 0 Å². The van der Waals surface area contributed by atoms with Gasteiger partial charge in [-0.1, -0.05) is 66.7 Å². The third kappa shape index (κ3) is 4.51. The molecule has 1 aliphatic heterocycles. The topological polar surface area (TPSA) is 51.0 Å². The number of carbonyl (C=O) groups is 1. The highest BCUT2D eigenvalue weighted by Gasteiger charge is 2.19. The smallest absolute Gasteiger partial charge is 0.196 e. The van der Waals surface area contributed by atoms with E-state index in [-0.39, 0.29) is 5.78 Å². The standard InChI is InChI=1S/C22H24N4OS/c27-20(18-10-4-1-5-11-18)17-28-22-24-23-21(16-25-14-8-3-9-15-25)26(22)19-12-6-2-7-13-19/h1-2,4-7,10-13H,3,8-9,14-17H2. The van der Waals surface area contributed by atoms with Crippen LogP contribution in [-0.4, -0.2) is 44.3 Å². The maximum absolute atomic E-state index is 12.5. The molecule has 2 aromatic carbocycles. The first kappa shape index (κ1) is 18.9. The summed E-state index contributed by atoms with van der Waals surface area (Å²) >= 11 is 1.45. The largest absolute Gasteiger partial charge is 0.296 e.